The van der Waals surface area contributed by atoms with Crippen LogP contribution in [0.4, 0.5) is 0 Å². The zero-order valence-electron chi connectivity index (χ0n) is 8.75. The van der Waals surface area contributed by atoms with Gasteiger partial charge in [0.15, 0.2) is 11.5 Å². The minimum Gasteiger partial charge on any atom is -0.486 e. The van der Waals surface area contributed by atoms with E-state index in [1.165, 1.54) is 0 Å². The van der Waals surface area contributed by atoms with Gasteiger partial charge in [0.2, 0.25) is 0 Å². The van der Waals surface area contributed by atoms with Gasteiger partial charge in [-0.15, -0.1) is 0 Å². The van der Waals surface area contributed by atoms with Crippen LogP contribution in [0.1, 0.15) is 24.0 Å². The lowest BCUT2D eigenvalue weighted by Gasteiger charge is -2.23. The molecule has 0 radical (unpaired) electrons. The molecule has 1 fully saturated rings. The average molecular weight is 206 g/mol. The second-order valence-corrected chi connectivity index (χ2v) is 4.29. The lowest BCUT2D eigenvalue weighted by Crippen LogP contribution is -2.18. The maximum absolute atomic E-state index is 10.1. The van der Waals surface area contributed by atoms with Crippen molar-refractivity contribution in [1.29, 1.82) is 0 Å². The SMILES string of the molecule is Cc1c(C2(O)CC2)ccc2c1OCCO2. The fourth-order valence-electron chi connectivity index (χ4n) is 2.15. The summed E-state index contributed by atoms with van der Waals surface area (Å²) in [5.41, 5.74) is 1.42. The number of aliphatic hydroxyl groups is 1. The molecule has 1 aliphatic heterocycles. The Labute approximate surface area is 88.6 Å². The Hall–Kier alpha value is -1.22. The van der Waals surface area contributed by atoms with Crippen LogP contribution < -0.4 is 9.47 Å². The molecule has 1 saturated carbocycles. The Morgan fingerprint density at radius 3 is 2.67 bits per heavy atom. The van der Waals surface area contributed by atoms with E-state index < -0.39 is 5.60 Å². The lowest BCUT2D eigenvalue weighted by molar-refractivity contribution is 0.146. The predicted molar refractivity (Wildman–Crippen MR) is 55.3 cm³/mol. The quantitative estimate of drug-likeness (QED) is 0.760. The molecule has 0 aromatic heterocycles. The van der Waals surface area contributed by atoms with Gasteiger partial charge in [0, 0.05) is 5.56 Å². The first-order valence-corrected chi connectivity index (χ1v) is 5.33. The third kappa shape index (κ3) is 1.30. The van der Waals surface area contributed by atoms with Crippen molar-refractivity contribution in [2.75, 3.05) is 13.2 Å². The summed E-state index contributed by atoms with van der Waals surface area (Å²) in [5.74, 6) is 1.60. The average Bonchev–Trinajstić information content (AvgIpc) is 2.98. The van der Waals surface area contributed by atoms with Crippen LogP contribution in [0, 0.1) is 6.92 Å². The molecule has 80 valence electrons. The van der Waals surface area contributed by atoms with Crippen molar-refractivity contribution in [2.45, 2.75) is 25.4 Å². The summed E-state index contributed by atoms with van der Waals surface area (Å²) < 4.78 is 11.1. The molecule has 0 bridgehead atoms. The summed E-state index contributed by atoms with van der Waals surface area (Å²) in [6, 6.07) is 3.85. The summed E-state index contributed by atoms with van der Waals surface area (Å²) in [5, 5.41) is 10.1. The van der Waals surface area contributed by atoms with Crippen molar-refractivity contribution >= 4 is 0 Å². The van der Waals surface area contributed by atoms with Gasteiger partial charge in [-0.2, -0.15) is 0 Å². The molecular formula is C12H14O3. The molecule has 1 heterocycles. The van der Waals surface area contributed by atoms with Crippen LogP contribution in [-0.4, -0.2) is 18.3 Å². The van der Waals surface area contributed by atoms with Gasteiger partial charge in [0.1, 0.15) is 13.2 Å². The predicted octanol–water partition coefficient (Wildman–Crippen LogP) is 1.75. The Bertz CT molecular complexity index is 408. The van der Waals surface area contributed by atoms with Crippen LogP contribution in [-0.2, 0) is 5.60 Å². The van der Waals surface area contributed by atoms with Crippen molar-refractivity contribution < 1.29 is 14.6 Å². The lowest BCUT2D eigenvalue weighted by atomic mass is 10.00. The Kier molecular flexibility index (Phi) is 1.74. The summed E-state index contributed by atoms with van der Waals surface area (Å²) in [4.78, 5) is 0. The van der Waals surface area contributed by atoms with Gasteiger partial charge in [0.25, 0.3) is 0 Å². The molecule has 0 spiro atoms. The van der Waals surface area contributed by atoms with E-state index >= 15 is 0 Å². The zero-order chi connectivity index (χ0) is 10.5. The molecule has 1 N–H and O–H groups in total. The van der Waals surface area contributed by atoms with Gasteiger partial charge in [0.05, 0.1) is 5.60 Å². The maximum Gasteiger partial charge on any atom is 0.164 e. The molecular weight excluding hydrogens is 192 g/mol. The number of hydrogen-bond acceptors (Lipinski definition) is 3. The molecule has 2 aliphatic rings. The summed E-state index contributed by atoms with van der Waals surface area (Å²) in [6.07, 6.45) is 1.71. The van der Waals surface area contributed by atoms with Crippen LogP contribution >= 0.6 is 0 Å². The van der Waals surface area contributed by atoms with E-state index in [-0.39, 0.29) is 0 Å². The van der Waals surface area contributed by atoms with E-state index in [4.69, 9.17) is 9.47 Å². The number of ether oxygens (including phenoxy) is 2. The highest BCUT2D eigenvalue weighted by molar-refractivity contribution is 5.53. The molecule has 3 heteroatoms. The third-order valence-corrected chi connectivity index (χ3v) is 3.18. The highest BCUT2D eigenvalue weighted by Crippen LogP contribution is 2.49. The van der Waals surface area contributed by atoms with E-state index in [9.17, 15) is 5.11 Å². The van der Waals surface area contributed by atoms with E-state index in [1.807, 2.05) is 19.1 Å². The highest BCUT2D eigenvalue weighted by Gasteiger charge is 2.44. The fourth-order valence-corrected chi connectivity index (χ4v) is 2.15. The van der Waals surface area contributed by atoms with Crippen molar-refractivity contribution in [1.82, 2.24) is 0 Å². The molecule has 0 unspecified atom stereocenters. The second-order valence-electron chi connectivity index (χ2n) is 4.29. The van der Waals surface area contributed by atoms with Gasteiger partial charge in [-0.3, -0.25) is 0 Å². The van der Waals surface area contributed by atoms with Crippen molar-refractivity contribution in [2.24, 2.45) is 0 Å². The summed E-state index contributed by atoms with van der Waals surface area (Å²) in [7, 11) is 0. The molecule has 3 rings (SSSR count). The Balaban J connectivity index is 2.11. The Morgan fingerprint density at radius 2 is 1.93 bits per heavy atom. The van der Waals surface area contributed by atoms with Crippen LogP contribution in [0.3, 0.4) is 0 Å². The third-order valence-electron chi connectivity index (χ3n) is 3.18. The highest BCUT2D eigenvalue weighted by atomic mass is 16.6. The molecule has 1 aromatic carbocycles. The molecule has 0 saturated heterocycles. The normalized spacial score (nSPS) is 21.2. The minimum atomic E-state index is -0.597. The maximum atomic E-state index is 10.1. The molecule has 3 nitrogen and oxygen atoms in total. The number of fused-ring (bicyclic) bond motifs is 1. The smallest absolute Gasteiger partial charge is 0.164 e. The van der Waals surface area contributed by atoms with E-state index in [1.54, 1.807) is 0 Å². The Morgan fingerprint density at radius 1 is 1.20 bits per heavy atom. The number of rotatable bonds is 1. The molecule has 0 atom stereocenters. The summed E-state index contributed by atoms with van der Waals surface area (Å²) in [6.45, 7) is 3.19. The molecule has 1 aliphatic carbocycles. The van der Waals surface area contributed by atoms with E-state index in [2.05, 4.69) is 0 Å². The monoisotopic (exact) mass is 206 g/mol. The number of benzene rings is 1. The van der Waals surface area contributed by atoms with Crippen LogP contribution in [0.2, 0.25) is 0 Å². The van der Waals surface area contributed by atoms with Crippen molar-refractivity contribution in [3.63, 3.8) is 0 Å². The standard InChI is InChI=1S/C12H14O3/c1-8-9(12(13)4-5-12)2-3-10-11(8)15-7-6-14-10/h2-3,13H,4-7H2,1H3. The van der Waals surface area contributed by atoms with Crippen molar-refractivity contribution in [3.05, 3.63) is 23.3 Å². The van der Waals surface area contributed by atoms with Gasteiger partial charge in [-0.05, 0) is 31.4 Å². The van der Waals surface area contributed by atoms with Crippen LogP contribution in [0.15, 0.2) is 12.1 Å². The van der Waals surface area contributed by atoms with Gasteiger partial charge < -0.3 is 14.6 Å². The largest absolute Gasteiger partial charge is 0.486 e. The van der Waals surface area contributed by atoms with Crippen molar-refractivity contribution in [3.8, 4) is 11.5 Å². The van der Waals surface area contributed by atoms with Gasteiger partial charge >= 0.3 is 0 Å². The van der Waals surface area contributed by atoms with E-state index in [0.717, 1.165) is 35.5 Å². The molecule has 0 amide bonds. The minimum absolute atomic E-state index is 0.593. The van der Waals surface area contributed by atoms with Crippen LogP contribution in [0.5, 0.6) is 11.5 Å². The first-order valence-electron chi connectivity index (χ1n) is 5.33. The van der Waals surface area contributed by atoms with Crippen LogP contribution in [0.25, 0.3) is 0 Å². The fraction of sp³-hybridized carbons (Fsp3) is 0.500. The summed E-state index contributed by atoms with van der Waals surface area (Å²) >= 11 is 0. The van der Waals surface area contributed by atoms with E-state index in [0.29, 0.717) is 13.2 Å². The zero-order valence-corrected chi connectivity index (χ0v) is 8.75. The second kappa shape index (κ2) is 2.89. The first-order chi connectivity index (χ1) is 7.21. The van der Waals surface area contributed by atoms with Gasteiger partial charge in [-0.1, -0.05) is 6.07 Å². The molecule has 1 aromatic rings. The van der Waals surface area contributed by atoms with Gasteiger partial charge in [-0.25, -0.2) is 0 Å². The number of hydrogen-bond donors (Lipinski definition) is 1. The topological polar surface area (TPSA) is 38.7 Å². The molecule has 15 heavy (non-hydrogen) atoms. The first kappa shape index (κ1) is 9.04.